The number of carbonyl (C=O) groups excluding carboxylic acids is 2. The van der Waals surface area contributed by atoms with E-state index in [-0.39, 0.29) is 17.4 Å². The SMILES string of the molecule is COc1c(C)c(OC)c(C(=O)Cl)c(ON2CCCC2C=O)c1C.Cc1[nH]c(Br)c(C)c1C.Cc1c[nH]c(C)c1C. The number of nitrogens with one attached hydrogen (secondary N) is 2. The number of benzene rings is 1. The van der Waals surface area contributed by atoms with E-state index < -0.39 is 5.24 Å². The number of methoxy groups -OCH3 is 2. The zero-order valence-electron chi connectivity index (χ0n) is 25.1. The molecule has 1 aliphatic heterocycles. The molecule has 3 heterocycles. The van der Waals surface area contributed by atoms with Crippen molar-refractivity contribution in [2.24, 2.45) is 0 Å². The van der Waals surface area contributed by atoms with Crippen LogP contribution in [0, 0.1) is 55.4 Å². The lowest BCUT2D eigenvalue weighted by Crippen LogP contribution is -2.34. The third-order valence-corrected chi connectivity index (χ3v) is 8.43. The van der Waals surface area contributed by atoms with Crippen molar-refractivity contribution in [2.75, 3.05) is 20.8 Å². The second-order valence-electron chi connectivity index (χ2n) is 9.91. The van der Waals surface area contributed by atoms with E-state index in [0.717, 1.165) is 17.3 Å². The van der Waals surface area contributed by atoms with Crippen LogP contribution in [-0.2, 0) is 4.79 Å². The fourth-order valence-corrected chi connectivity index (χ4v) is 5.25. The predicted molar refractivity (Wildman–Crippen MR) is 163 cm³/mol. The minimum atomic E-state index is -0.687. The van der Waals surface area contributed by atoms with E-state index in [1.807, 2.05) is 6.20 Å². The Hall–Kier alpha value is -2.75. The lowest BCUT2D eigenvalue weighted by molar-refractivity contribution is -0.124. The molecule has 0 spiro atoms. The van der Waals surface area contributed by atoms with Crippen LogP contribution in [-0.4, -0.2) is 53.4 Å². The molecular weight excluding hydrogens is 598 g/mol. The molecule has 40 heavy (non-hydrogen) atoms. The number of aldehydes is 1. The number of hydroxylamine groups is 2. The van der Waals surface area contributed by atoms with Crippen molar-refractivity contribution in [1.82, 2.24) is 15.0 Å². The van der Waals surface area contributed by atoms with Crippen LogP contribution < -0.4 is 14.3 Å². The Morgan fingerprint density at radius 3 is 1.88 bits per heavy atom. The predicted octanol–water partition coefficient (Wildman–Crippen LogP) is 7.30. The lowest BCUT2D eigenvalue weighted by Gasteiger charge is -2.25. The van der Waals surface area contributed by atoms with E-state index in [4.69, 9.17) is 25.9 Å². The average Bonchev–Trinajstić information content (AvgIpc) is 3.56. The van der Waals surface area contributed by atoms with Gasteiger partial charge in [-0.15, -0.1) is 5.06 Å². The maximum Gasteiger partial charge on any atom is 0.260 e. The summed E-state index contributed by atoms with van der Waals surface area (Å²) < 4.78 is 11.9. The molecule has 1 aliphatic rings. The summed E-state index contributed by atoms with van der Waals surface area (Å²) in [5.74, 6) is 1.13. The molecule has 3 aromatic rings. The number of H-pyrrole nitrogens is 2. The highest BCUT2D eigenvalue weighted by Crippen LogP contribution is 2.44. The van der Waals surface area contributed by atoms with Gasteiger partial charge in [-0.2, -0.15) is 0 Å². The number of nitrogens with zero attached hydrogens (tertiary/aromatic N) is 1. The van der Waals surface area contributed by atoms with E-state index in [1.54, 1.807) is 18.9 Å². The van der Waals surface area contributed by atoms with E-state index in [0.29, 0.717) is 35.6 Å². The van der Waals surface area contributed by atoms with Crippen molar-refractivity contribution in [3.05, 3.63) is 61.1 Å². The van der Waals surface area contributed by atoms with Crippen molar-refractivity contribution >= 4 is 39.1 Å². The zero-order chi connectivity index (χ0) is 30.3. The summed E-state index contributed by atoms with van der Waals surface area (Å²) in [7, 11) is 2.99. The topological polar surface area (TPSA) is 96.7 Å². The number of aryl methyl sites for hydroxylation is 3. The second-order valence-corrected chi connectivity index (χ2v) is 11.0. The molecule has 4 rings (SSSR count). The first kappa shape index (κ1) is 33.5. The summed E-state index contributed by atoms with van der Waals surface area (Å²) in [5.41, 5.74) is 9.36. The Bertz CT molecular complexity index is 1310. The van der Waals surface area contributed by atoms with Crippen LogP contribution in [0.3, 0.4) is 0 Å². The number of rotatable bonds is 6. The van der Waals surface area contributed by atoms with Gasteiger partial charge >= 0.3 is 0 Å². The molecule has 0 saturated carbocycles. The van der Waals surface area contributed by atoms with Gasteiger partial charge in [0.1, 0.15) is 29.4 Å². The lowest BCUT2D eigenvalue weighted by atomic mass is 10.0. The Morgan fingerprint density at radius 2 is 1.52 bits per heavy atom. The number of aromatic amines is 2. The van der Waals surface area contributed by atoms with E-state index >= 15 is 0 Å². The van der Waals surface area contributed by atoms with Crippen LogP contribution in [0.4, 0.5) is 0 Å². The monoisotopic (exact) mass is 637 g/mol. The summed E-state index contributed by atoms with van der Waals surface area (Å²) in [4.78, 5) is 35.3. The minimum Gasteiger partial charge on any atom is -0.496 e. The molecule has 10 heteroatoms. The quantitative estimate of drug-likeness (QED) is 0.217. The molecule has 1 unspecified atom stereocenters. The smallest absolute Gasteiger partial charge is 0.260 e. The maximum absolute atomic E-state index is 12.0. The fraction of sp³-hybridized carbons (Fsp3) is 0.467. The molecule has 1 saturated heterocycles. The molecular formula is C30H41BrClN3O5. The molecule has 0 bridgehead atoms. The van der Waals surface area contributed by atoms with Crippen LogP contribution in [0.5, 0.6) is 17.2 Å². The van der Waals surface area contributed by atoms with Crippen LogP contribution in [0.2, 0.25) is 0 Å². The van der Waals surface area contributed by atoms with Crippen LogP contribution in [0.1, 0.15) is 68.0 Å². The Kier molecular flexibility index (Phi) is 12.3. The second kappa shape index (κ2) is 14.8. The van der Waals surface area contributed by atoms with E-state index in [9.17, 15) is 9.59 Å². The fourth-order valence-electron chi connectivity index (χ4n) is 4.48. The van der Waals surface area contributed by atoms with Crippen LogP contribution in [0.15, 0.2) is 10.8 Å². The van der Waals surface area contributed by atoms with Gasteiger partial charge in [0.15, 0.2) is 5.75 Å². The molecule has 0 amide bonds. The van der Waals surface area contributed by atoms with Gasteiger partial charge in [-0.1, -0.05) is 0 Å². The van der Waals surface area contributed by atoms with Crippen molar-refractivity contribution in [2.45, 2.75) is 74.3 Å². The minimum absolute atomic E-state index is 0.140. The summed E-state index contributed by atoms with van der Waals surface area (Å²) in [6, 6.07) is -0.342. The zero-order valence-corrected chi connectivity index (χ0v) is 27.4. The molecule has 0 radical (unpaired) electrons. The van der Waals surface area contributed by atoms with Gasteiger partial charge in [0, 0.05) is 35.3 Å². The standard InChI is InChI=1S/C16H20ClNO5.C7H10BrN.C7H11N/c1-9-13(21-3)10(2)15(12(16(17)20)14(9)22-4)23-18-7-5-6-11(18)8-19;1-4-5(2)7(8)9-6(4)3;1-5-4-8-7(3)6(5)2/h8,11H,5-7H2,1-4H3;9H,1-3H3;4,8H,1-3H3. The molecule has 1 atom stereocenters. The summed E-state index contributed by atoms with van der Waals surface area (Å²) in [5, 5.41) is 0.875. The van der Waals surface area contributed by atoms with Gasteiger partial charge in [-0.25, -0.2) is 0 Å². The average molecular weight is 639 g/mol. The van der Waals surface area contributed by atoms with Crippen LogP contribution >= 0.6 is 27.5 Å². The van der Waals surface area contributed by atoms with Crippen molar-refractivity contribution in [1.29, 1.82) is 0 Å². The number of halogens is 2. The molecule has 1 aromatic carbocycles. The van der Waals surface area contributed by atoms with Crippen molar-refractivity contribution in [3.63, 3.8) is 0 Å². The molecule has 2 aromatic heterocycles. The number of hydrogen-bond acceptors (Lipinski definition) is 6. The third kappa shape index (κ3) is 7.50. The number of aromatic nitrogens is 2. The van der Waals surface area contributed by atoms with E-state index in [2.05, 4.69) is 67.4 Å². The largest absolute Gasteiger partial charge is 0.496 e. The van der Waals surface area contributed by atoms with Crippen molar-refractivity contribution < 1.29 is 23.9 Å². The van der Waals surface area contributed by atoms with Gasteiger partial charge < -0.3 is 29.1 Å². The molecule has 8 nitrogen and oxygen atoms in total. The highest BCUT2D eigenvalue weighted by Gasteiger charge is 2.31. The van der Waals surface area contributed by atoms with Gasteiger partial charge in [-0.05, 0) is 118 Å². The summed E-state index contributed by atoms with van der Waals surface area (Å²) in [6.45, 7) is 16.8. The Balaban J connectivity index is 0.000000267. The van der Waals surface area contributed by atoms with Crippen LogP contribution in [0.25, 0.3) is 0 Å². The van der Waals surface area contributed by atoms with Gasteiger partial charge in [0.25, 0.3) is 5.24 Å². The Labute approximate surface area is 250 Å². The van der Waals surface area contributed by atoms with Gasteiger partial charge in [0.2, 0.25) is 0 Å². The van der Waals surface area contributed by atoms with Crippen molar-refractivity contribution in [3.8, 4) is 17.2 Å². The summed E-state index contributed by atoms with van der Waals surface area (Å²) >= 11 is 9.17. The molecule has 2 N–H and O–H groups in total. The first-order chi connectivity index (χ1) is 18.8. The Morgan fingerprint density at radius 1 is 0.925 bits per heavy atom. The molecule has 220 valence electrons. The highest BCUT2D eigenvalue weighted by atomic mass is 79.9. The van der Waals surface area contributed by atoms with Gasteiger partial charge in [-0.3, -0.25) is 4.79 Å². The first-order valence-electron chi connectivity index (χ1n) is 13.1. The first-order valence-corrected chi connectivity index (χ1v) is 14.2. The highest BCUT2D eigenvalue weighted by molar-refractivity contribution is 9.10. The molecule has 0 aliphatic carbocycles. The summed E-state index contributed by atoms with van der Waals surface area (Å²) in [6.07, 6.45) is 4.43. The number of ether oxygens (including phenoxy) is 2. The third-order valence-electron chi connectivity index (χ3n) is 7.45. The molecule has 1 fully saturated rings. The van der Waals surface area contributed by atoms with Gasteiger partial charge in [0.05, 0.1) is 18.8 Å². The number of carbonyl (C=O) groups is 2. The maximum atomic E-state index is 12.0. The van der Waals surface area contributed by atoms with E-state index in [1.165, 1.54) is 47.9 Å². The normalized spacial score (nSPS) is 14.6. The number of hydrogen-bond donors (Lipinski definition) is 2.